The average molecular weight is 991 g/mol. The van der Waals surface area contributed by atoms with Gasteiger partial charge in [-0.2, -0.15) is 0 Å². The monoisotopic (exact) mass is 990 g/mol. The molecule has 2 nitrogen and oxygen atoms in total. The summed E-state index contributed by atoms with van der Waals surface area (Å²) >= 11 is 0. The molecule has 0 saturated heterocycles. The first-order valence-corrected chi connectivity index (χ1v) is 26.9. The van der Waals surface area contributed by atoms with Crippen LogP contribution in [0.3, 0.4) is 0 Å². The van der Waals surface area contributed by atoms with Crippen molar-refractivity contribution in [3.63, 3.8) is 0 Å². The first-order chi connectivity index (χ1) is 38.6. The van der Waals surface area contributed by atoms with Gasteiger partial charge in [0, 0.05) is 33.5 Å². The zero-order valence-corrected chi connectivity index (χ0v) is 42.8. The van der Waals surface area contributed by atoms with Gasteiger partial charge in [0.15, 0.2) is 0 Å². The molecule has 2 heteroatoms. The van der Waals surface area contributed by atoms with Crippen LogP contribution in [0.4, 0.5) is 17.1 Å². The minimum absolute atomic E-state index is 1.09. The van der Waals surface area contributed by atoms with E-state index in [1.54, 1.807) is 0 Å². The molecule has 15 rings (SSSR count). The fraction of sp³-hybridized carbons (Fsp3) is 0. The highest BCUT2D eigenvalue weighted by atomic mass is 15.1. The topological polar surface area (TPSA) is 8.17 Å². The Bertz CT molecular complexity index is 4690. The first kappa shape index (κ1) is 45.1. The number of nitrogens with zero attached hydrogens (tertiary/aromatic N) is 2. The van der Waals surface area contributed by atoms with E-state index in [2.05, 4.69) is 313 Å². The Balaban J connectivity index is 0.732. The van der Waals surface area contributed by atoms with Crippen LogP contribution in [-0.4, -0.2) is 4.57 Å². The Hall–Kier alpha value is -10.3. The van der Waals surface area contributed by atoms with Gasteiger partial charge in [0.25, 0.3) is 0 Å². The molecule has 0 unspecified atom stereocenters. The van der Waals surface area contributed by atoms with Crippen molar-refractivity contribution in [2.75, 3.05) is 4.90 Å². The molecule has 0 atom stereocenters. The van der Waals surface area contributed by atoms with Crippen LogP contribution in [0.2, 0.25) is 0 Å². The number of benzene rings is 14. The molecular weight excluding hydrogens is 941 g/mol. The molecule has 0 spiro atoms. The Morgan fingerprint density at radius 3 is 1.05 bits per heavy atom. The summed E-state index contributed by atoms with van der Waals surface area (Å²) < 4.78 is 2.37. The van der Waals surface area contributed by atoms with Crippen LogP contribution >= 0.6 is 0 Å². The van der Waals surface area contributed by atoms with Crippen molar-refractivity contribution in [2.45, 2.75) is 0 Å². The molecule has 78 heavy (non-hydrogen) atoms. The van der Waals surface area contributed by atoms with Gasteiger partial charge in [-0.1, -0.05) is 224 Å². The number of aromatic nitrogens is 1. The SMILES string of the molecule is c1ccc(-n2c3ccccc3c3cc(-c4ccc(-c5ccc(N(c6ccc(-c7ccc(-c8ccc9c%10ccccc%10c%10ccccc%10c9c8)cc7)cc6)c6ccc(-c7ccc8ccccc8c7)cc6)cc5)cc4)ccc32)cc1. The third-order valence-corrected chi connectivity index (χ3v) is 16.0. The maximum Gasteiger partial charge on any atom is 0.0541 e. The lowest BCUT2D eigenvalue weighted by Crippen LogP contribution is -2.09. The largest absolute Gasteiger partial charge is 0.311 e. The molecule has 0 fully saturated rings. The molecule has 15 aromatic rings. The molecule has 1 heterocycles. The van der Waals surface area contributed by atoms with Crippen LogP contribution in [-0.2, 0) is 0 Å². The van der Waals surface area contributed by atoms with Gasteiger partial charge in [-0.05, 0) is 178 Å². The first-order valence-electron chi connectivity index (χ1n) is 26.9. The zero-order valence-electron chi connectivity index (χ0n) is 42.8. The van der Waals surface area contributed by atoms with Crippen LogP contribution in [0.25, 0.3) is 126 Å². The summed E-state index contributed by atoms with van der Waals surface area (Å²) in [6, 6.07) is 111. The van der Waals surface area contributed by atoms with Crippen molar-refractivity contribution in [2.24, 2.45) is 0 Å². The quantitative estimate of drug-likeness (QED) is 0.131. The lowest BCUT2D eigenvalue weighted by atomic mass is 9.92. The summed E-state index contributed by atoms with van der Waals surface area (Å²) in [5, 5.41) is 12.7. The Morgan fingerprint density at radius 1 is 0.192 bits per heavy atom. The van der Waals surface area contributed by atoms with Crippen LogP contribution < -0.4 is 4.90 Å². The fourth-order valence-electron chi connectivity index (χ4n) is 12.0. The number of rotatable bonds is 9. The second-order valence-electron chi connectivity index (χ2n) is 20.5. The molecule has 0 bridgehead atoms. The Kier molecular flexibility index (Phi) is 10.9. The summed E-state index contributed by atoms with van der Waals surface area (Å²) in [6.07, 6.45) is 0. The highest BCUT2D eigenvalue weighted by Gasteiger charge is 2.17. The third-order valence-electron chi connectivity index (χ3n) is 16.0. The van der Waals surface area contributed by atoms with Gasteiger partial charge < -0.3 is 9.47 Å². The van der Waals surface area contributed by atoms with Crippen molar-refractivity contribution in [1.82, 2.24) is 4.57 Å². The molecule has 14 aromatic carbocycles. The van der Waals surface area contributed by atoms with Crippen LogP contribution in [0.1, 0.15) is 0 Å². The minimum Gasteiger partial charge on any atom is -0.311 e. The summed E-state index contributed by atoms with van der Waals surface area (Å²) in [6.45, 7) is 0. The zero-order chi connectivity index (χ0) is 51.5. The fourth-order valence-corrected chi connectivity index (χ4v) is 12.0. The van der Waals surface area contributed by atoms with E-state index in [-0.39, 0.29) is 0 Å². The van der Waals surface area contributed by atoms with Gasteiger partial charge in [0.1, 0.15) is 0 Å². The molecule has 0 saturated carbocycles. The molecule has 0 amide bonds. The van der Waals surface area contributed by atoms with Gasteiger partial charge in [-0.15, -0.1) is 0 Å². The molecular formula is C76H50N2. The van der Waals surface area contributed by atoms with Crippen molar-refractivity contribution in [3.05, 3.63) is 303 Å². The van der Waals surface area contributed by atoms with E-state index in [4.69, 9.17) is 0 Å². The van der Waals surface area contributed by atoms with Crippen molar-refractivity contribution >= 4 is 82.0 Å². The lowest BCUT2D eigenvalue weighted by molar-refractivity contribution is 1.18. The highest BCUT2D eigenvalue weighted by molar-refractivity contribution is 6.25. The number of fused-ring (bicyclic) bond motifs is 10. The molecule has 0 aliphatic heterocycles. The summed E-state index contributed by atoms with van der Waals surface area (Å²) in [5.74, 6) is 0. The predicted molar refractivity (Wildman–Crippen MR) is 333 cm³/mol. The van der Waals surface area contributed by atoms with Gasteiger partial charge in [-0.3, -0.25) is 0 Å². The predicted octanol–water partition coefficient (Wildman–Crippen LogP) is 21.2. The Morgan fingerprint density at radius 2 is 0.526 bits per heavy atom. The third kappa shape index (κ3) is 7.90. The summed E-state index contributed by atoms with van der Waals surface area (Å²) in [7, 11) is 0. The van der Waals surface area contributed by atoms with Crippen molar-refractivity contribution in [3.8, 4) is 61.3 Å². The molecule has 0 aliphatic carbocycles. The molecule has 1 aromatic heterocycles. The van der Waals surface area contributed by atoms with Crippen molar-refractivity contribution in [1.29, 1.82) is 0 Å². The van der Waals surface area contributed by atoms with E-state index in [9.17, 15) is 0 Å². The maximum absolute atomic E-state index is 2.37. The van der Waals surface area contributed by atoms with E-state index in [1.807, 2.05) is 0 Å². The molecule has 0 radical (unpaired) electrons. The van der Waals surface area contributed by atoms with Gasteiger partial charge in [0.2, 0.25) is 0 Å². The maximum atomic E-state index is 2.37. The standard InChI is InChI=1S/C76H50N2/c1-2-14-63(15-3-1)78-75-21-11-10-20-72(75)74-50-62(39-47-76(74)78)57-28-24-53(25-29-57)55-34-42-65(43-35-55)77(66-44-36-58(37-45-66)60-31-30-51-12-4-5-13-59(51)48-60)64-40-32-54(33-41-64)52-22-26-56(27-23-52)61-38-46-71-69-18-7-6-16-67(69)68-17-8-9-19-70(68)73(71)49-61/h1-50H. The van der Waals surface area contributed by atoms with E-state index in [1.165, 1.54) is 126 Å². The molecule has 0 aliphatic rings. The van der Waals surface area contributed by atoms with E-state index in [0.717, 1.165) is 17.1 Å². The number of hydrogen-bond donors (Lipinski definition) is 0. The Labute approximate surface area is 453 Å². The summed E-state index contributed by atoms with van der Waals surface area (Å²) in [5.41, 5.74) is 18.8. The smallest absolute Gasteiger partial charge is 0.0541 e. The molecule has 364 valence electrons. The highest BCUT2D eigenvalue weighted by Crippen LogP contribution is 2.41. The van der Waals surface area contributed by atoms with Gasteiger partial charge in [-0.25, -0.2) is 0 Å². The van der Waals surface area contributed by atoms with Crippen LogP contribution in [0.15, 0.2) is 303 Å². The van der Waals surface area contributed by atoms with Crippen LogP contribution in [0, 0.1) is 0 Å². The van der Waals surface area contributed by atoms with Gasteiger partial charge in [0.05, 0.1) is 11.0 Å². The average Bonchev–Trinajstić information content (AvgIpc) is 3.93. The van der Waals surface area contributed by atoms with Crippen molar-refractivity contribution < 1.29 is 0 Å². The molecule has 0 N–H and O–H groups in total. The second-order valence-corrected chi connectivity index (χ2v) is 20.5. The number of hydrogen-bond acceptors (Lipinski definition) is 1. The number of para-hydroxylation sites is 2. The van der Waals surface area contributed by atoms with Crippen LogP contribution in [0.5, 0.6) is 0 Å². The second kappa shape index (κ2) is 18.8. The normalized spacial score (nSPS) is 11.6. The summed E-state index contributed by atoms with van der Waals surface area (Å²) in [4.78, 5) is 2.36. The van der Waals surface area contributed by atoms with Gasteiger partial charge >= 0.3 is 0 Å². The van der Waals surface area contributed by atoms with E-state index in [0.29, 0.717) is 0 Å². The van der Waals surface area contributed by atoms with E-state index >= 15 is 0 Å². The van der Waals surface area contributed by atoms with E-state index < -0.39 is 0 Å². The minimum atomic E-state index is 1.09. The number of anilines is 3. The lowest BCUT2D eigenvalue weighted by Gasteiger charge is -2.26.